The number of hydrogen-bond donors (Lipinski definition) is 2. The normalized spacial score (nSPS) is 10.4. The van der Waals surface area contributed by atoms with Gasteiger partial charge in [-0.05, 0) is 49.2 Å². The fraction of sp³-hybridized carbons (Fsp3) is 0.263. The van der Waals surface area contributed by atoms with Crippen LogP contribution in [0.3, 0.4) is 0 Å². The molecule has 0 saturated heterocycles. The maximum absolute atomic E-state index is 12.8. The number of halogens is 1. The Hall–Kier alpha value is -2.34. The molecule has 0 aliphatic rings. The second-order valence-corrected chi connectivity index (χ2v) is 6.81. The molecule has 0 radical (unpaired) electrons. The van der Waals surface area contributed by atoms with Gasteiger partial charge in [0.05, 0.1) is 6.54 Å². The number of anilines is 1. The lowest BCUT2D eigenvalue weighted by Gasteiger charge is -2.12. The molecule has 2 aromatic carbocycles. The minimum absolute atomic E-state index is 0.0617. The van der Waals surface area contributed by atoms with Crippen molar-refractivity contribution in [3.63, 3.8) is 0 Å². The molecule has 0 aromatic heterocycles. The van der Waals surface area contributed by atoms with Crippen molar-refractivity contribution in [2.45, 2.75) is 25.2 Å². The van der Waals surface area contributed by atoms with E-state index in [1.807, 2.05) is 32.0 Å². The lowest BCUT2D eigenvalue weighted by atomic mass is 10.1. The third kappa shape index (κ3) is 6.23. The Morgan fingerprint density at radius 3 is 2.28 bits per heavy atom. The number of para-hydroxylation sites is 1. The van der Waals surface area contributed by atoms with Crippen molar-refractivity contribution in [1.82, 2.24) is 5.32 Å². The Morgan fingerprint density at radius 2 is 1.64 bits per heavy atom. The van der Waals surface area contributed by atoms with Crippen LogP contribution in [0.5, 0.6) is 0 Å². The summed E-state index contributed by atoms with van der Waals surface area (Å²) in [5.41, 5.74) is 2.75. The van der Waals surface area contributed by atoms with Crippen LogP contribution in [0.1, 0.15) is 17.5 Å². The maximum Gasteiger partial charge on any atom is 0.243 e. The smallest absolute Gasteiger partial charge is 0.243 e. The molecule has 4 nitrogen and oxygen atoms in total. The lowest BCUT2D eigenvalue weighted by molar-refractivity contribution is -0.123. The van der Waals surface area contributed by atoms with E-state index in [4.69, 9.17) is 0 Å². The van der Waals surface area contributed by atoms with Gasteiger partial charge in [-0.1, -0.05) is 18.2 Å². The third-order valence-electron chi connectivity index (χ3n) is 3.60. The number of nitrogens with one attached hydrogen (secondary N) is 2. The van der Waals surface area contributed by atoms with Crippen LogP contribution in [0.4, 0.5) is 10.1 Å². The van der Waals surface area contributed by atoms with E-state index >= 15 is 0 Å². The average molecular weight is 360 g/mol. The molecule has 0 fully saturated rings. The third-order valence-corrected chi connectivity index (χ3v) is 4.62. The molecule has 0 aliphatic carbocycles. The Balaban J connectivity index is 1.70. The number of aryl methyl sites for hydroxylation is 2. The molecule has 0 atom stereocenters. The van der Waals surface area contributed by atoms with Gasteiger partial charge in [0.25, 0.3) is 0 Å². The highest BCUT2D eigenvalue weighted by molar-refractivity contribution is 7.99. The topological polar surface area (TPSA) is 58.2 Å². The highest BCUT2D eigenvalue weighted by Crippen LogP contribution is 2.19. The van der Waals surface area contributed by atoms with Crippen molar-refractivity contribution in [3.05, 3.63) is 59.4 Å². The van der Waals surface area contributed by atoms with Crippen LogP contribution in [-0.4, -0.2) is 24.1 Å². The SMILES string of the molecule is Cc1cccc(C)c1NC(=O)CNC(=O)CCSc1ccc(F)cc1. The number of thioether (sulfide) groups is 1. The molecular weight excluding hydrogens is 339 g/mol. The van der Waals surface area contributed by atoms with Crippen LogP contribution in [-0.2, 0) is 9.59 Å². The van der Waals surface area contributed by atoms with Gasteiger partial charge >= 0.3 is 0 Å². The first-order chi connectivity index (χ1) is 12.0. The molecule has 2 N–H and O–H groups in total. The van der Waals surface area contributed by atoms with Gasteiger partial charge in [-0.2, -0.15) is 0 Å². The Bertz CT molecular complexity index is 727. The summed E-state index contributed by atoms with van der Waals surface area (Å²) in [6.07, 6.45) is 0.290. The van der Waals surface area contributed by atoms with Gasteiger partial charge in [0.15, 0.2) is 0 Å². The Morgan fingerprint density at radius 1 is 1.00 bits per heavy atom. The summed E-state index contributed by atoms with van der Waals surface area (Å²) >= 11 is 1.47. The lowest BCUT2D eigenvalue weighted by Crippen LogP contribution is -2.33. The van der Waals surface area contributed by atoms with Crippen molar-refractivity contribution in [1.29, 1.82) is 0 Å². The molecule has 2 rings (SSSR count). The van der Waals surface area contributed by atoms with Crippen molar-refractivity contribution >= 4 is 29.3 Å². The zero-order valence-electron chi connectivity index (χ0n) is 14.3. The molecule has 2 aromatic rings. The first-order valence-electron chi connectivity index (χ1n) is 7.97. The number of carbonyl (C=O) groups excluding carboxylic acids is 2. The van der Waals surface area contributed by atoms with Crippen LogP contribution < -0.4 is 10.6 Å². The summed E-state index contributed by atoms with van der Waals surface area (Å²) < 4.78 is 12.8. The van der Waals surface area contributed by atoms with Gasteiger partial charge in [0.1, 0.15) is 5.82 Å². The fourth-order valence-electron chi connectivity index (χ4n) is 2.25. The van der Waals surface area contributed by atoms with Gasteiger partial charge in [0, 0.05) is 22.8 Å². The van der Waals surface area contributed by atoms with Gasteiger partial charge in [-0.25, -0.2) is 4.39 Å². The average Bonchev–Trinajstić information content (AvgIpc) is 2.58. The van der Waals surface area contributed by atoms with Gasteiger partial charge in [0.2, 0.25) is 11.8 Å². The van der Waals surface area contributed by atoms with Crippen LogP contribution in [0.15, 0.2) is 47.4 Å². The van der Waals surface area contributed by atoms with Crippen molar-refractivity contribution < 1.29 is 14.0 Å². The van der Waals surface area contributed by atoms with Crippen molar-refractivity contribution in [2.24, 2.45) is 0 Å². The van der Waals surface area contributed by atoms with Crippen LogP contribution >= 0.6 is 11.8 Å². The summed E-state index contributed by atoms with van der Waals surface area (Å²) in [7, 11) is 0. The standard InChI is InChI=1S/C19H21FN2O2S/c1-13-4-3-5-14(2)19(13)22-18(24)12-21-17(23)10-11-25-16-8-6-15(20)7-9-16/h3-9H,10-12H2,1-2H3,(H,21,23)(H,22,24). The van der Waals surface area contributed by atoms with E-state index in [-0.39, 0.29) is 24.2 Å². The molecule has 0 bridgehead atoms. The molecule has 0 saturated carbocycles. The predicted octanol–water partition coefficient (Wildman–Crippen LogP) is 3.68. The first-order valence-corrected chi connectivity index (χ1v) is 8.95. The van der Waals surface area contributed by atoms with Crippen LogP contribution in [0, 0.1) is 19.7 Å². The first kappa shape index (κ1) is 19.0. The van der Waals surface area contributed by atoms with Crippen LogP contribution in [0.25, 0.3) is 0 Å². The highest BCUT2D eigenvalue weighted by Gasteiger charge is 2.09. The number of rotatable bonds is 7. The Kier molecular flexibility index (Phi) is 7.01. The molecule has 6 heteroatoms. The molecule has 0 heterocycles. The molecule has 0 unspecified atom stereocenters. The molecular formula is C19H21FN2O2S. The predicted molar refractivity (Wildman–Crippen MR) is 99.3 cm³/mol. The zero-order chi connectivity index (χ0) is 18.2. The Labute approximate surface area is 151 Å². The summed E-state index contributed by atoms with van der Waals surface area (Å²) in [6, 6.07) is 11.9. The molecule has 2 amide bonds. The van der Waals surface area contributed by atoms with E-state index in [0.717, 1.165) is 21.7 Å². The maximum atomic E-state index is 12.8. The number of amides is 2. The van der Waals surface area contributed by atoms with E-state index in [1.165, 1.54) is 23.9 Å². The quantitative estimate of drug-likeness (QED) is 0.741. The largest absolute Gasteiger partial charge is 0.347 e. The molecule has 132 valence electrons. The van der Waals surface area contributed by atoms with E-state index in [9.17, 15) is 14.0 Å². The zero-order valence-corrected chi connectivity index (χ0v) is 15.1. The second-order valence-electron chi connectivity index (χ2n) is 5.64. The second kappa shape index (κ2) is 9.22. The van der Waals surface area contributed by atoms with Crippen LogP contribution in [0.2, 0.25) is 0 Å². The van der Waals surface area contributed by atoms with E-state index < -0.39 is 0 Å². The minimum Gasteiger partial charge on any atom is -0.347 e. The molecule has 0 spiro atoms. The monoisotopic (exact) mass is 360 g/mol. The summed E-state index contributed by atoms with van der Waals surface area (Å²) in [4.78, 5) is 24.7. The number of hydrogen-bond acceptors (Lipinski definition) is 3. The minimum atomic E-state index is -0.281. The number of benzene rings is 2. The summed E-state index contributed by atoms with van der Waals surface area (Å²) in [5.74, 6) is -0.157. The molecule has 0 aliphatic heterocycles. The van der Waals surface area contributed by atoms with E-state index in [0.29, 0.717) is 12.2 Å². The van der Waals surface area contributed by atoms with E-state index in [2.05, 4.69) is 10.6 Å². The summed E-state index contributed by atoms with van der Waals surface area (Å²) in [5, 5.41) is 5.44. The fourth-order valence-corrected chi connectivity index (χ4v) is 3.11. The van der Waals surface area contributed by atoms with Gasteiger partial charge < -0.3 is 10.6 Å². The molecule has 25 heavy (non-hydrogen) atoms. The van der Waals surface area contributed by atoms with E-state index in [1.54, 1.807) is 12.1 Å². The van der Waals surface area contributed by atoms with Crippen molar-refractivity contribution in [2.75, 3.05) is 17.6 Å². The van der Waals surface area contributed by atoms with Gasteiger partial charge in [-0.3, -0.25) is 9.59 Å². The number of carbonyl (C=O) groups is 2. The van der Waals surface area contributed by atoms with Gasteiger partial charge in [-0.15, -0.1) is 11.8 Å². The summed E-state index contributed by atoms with van der Waals surface area (Å²) in [6.45, 7) is 3.79. The highest BCUT2D eigenvalue weighted by atomic mass is 32.2. The van der Waals surface area contributed by atoms with Crippen molar-refractivity contribution in [3.8, 4) is 0 Å².